The molecule has 1 N–H and O–H groups in total. The largest absolute Gasteiger partial charge is 0.481 e. The Balaban J connectivity index is 1.86. The number of carbonyl (C=O) groups is 1. The van der Waals surface area contributed by atoms with E-state index < -0.39 is 11.9 Å². The van der Waals surface area contributed by atoms with E-state index in [1.807, 2.05) is 0 Å². The third-order valence-corrected chi connectivity index (χ3v) is 3.40. The number of nitrogens with zero attached hydrogens (tertiary/aromatic N) is 2. The number of fused-ring (bicyclic) bond motifs is 1. The van der Waals surface area contributed by atoms with E-state index in [4.69, 9.17) is 4.74 Å². The highest BCUT2D eigenvalue weighted by Gasteiger charge is 2.38. The molecule has 0 spiro atoms. The highest BCUT2D eigenvalue weighted by Crippen LogP contribution is 2.38. The van der Waals surface area contributed by atoms with E-state index in [9.17, 15) is 18.0 Å². The summed E-state index contributed by atoms with van der Waals surface area (Å²) in [6.45, 7) is -0.279. The van der Waals surface area contributed by atoms with Gasteiger partial charge in [0, 0.05) is 7.05 Å². The van der Waals surface area contributed by atoms with Gasteiger partial charge in [-0.15, -0.1) is 0 Å². The zero-order valence-electron chi connectivity index (χ0n) is 12.0. The second-order valence-electron chi connectivity index (χ2n) is 4.87. The monoisotopic (exact) mass is 327 g/mol. The number of amides is 1. The van der Waals surface area contributed by atoms with E-state index in [1.165, 1.54) is 4.90 Å². The summed E-state index contributed by atoms with van der Waals surface area (Å²) >= 11 is 0. The number of hydrogen-bond acceptors (Lipinski definition) is 5. The maximum atomic E-state index is 12.8. The van der Waals surface area contributed by atoms with Gasteiger partial charge >= 0.3 is 6.18 Å². The molecule has 3 rings (SSSR count). The van der Waals surface area contributed by atoms with Gasteiger partial charge in [0.05, 0.1) is 12.2 Å². The number of likely N-dealkylation sites (N-methyl/N-ethyl adjacent to an activating group) is 1. The van der Waals surface area contributed by atoms with Gasteiger partial charge in [-0.25, -0.2) is 4.98 Å². The molecular weight excluding hydrogens is 315 g/mol. The van der Waals surface area contributed by atoms with E-state index in [0.29, 0.717) is 17.1 Å². The lowest BCUT2D eigenvalue weighted by Crippen LogP contribution is -2.36. The standard InChI is InChI=1S/C14H12F3N3O3/c1-20-11(21)6-22-10-4-2-3-8(12(10)20)18-5-9-13(14(15,16)17)23-7-19-9/h2-4,7,18H,5-6H2,1H3. The molecule has 0 bridgehead atoms. The van der Waals surface area contributed by atoms with Crippen LogP contribution in [0.1, 0.15) is 11.5 Å². The Labute approximate surface area is 128 Å². The fourth-order valence-corrected chi connectivity index (χ4v) is 2.29. The summed E-state index contributed by atoms with van der Waals surface area (Å²) in [7, 11) is 1.58. The Morgan fingerprint density at radius 3 is 2.91 bits per heavy atom. The number of alkyl halides is 3. The molecule has 6 nitrogen and oxygen atoms in total. The molecule has 0 unspecified atom stereocenters. The number of oxazole rings is 1. The van der Waals surface area contributed by atoms with Gasteiger partial charge in [0.15, 0.2) is 13.0 Å². The average Bonchev–Trinajstić information content (AvgIpc) is 2.97. The molecule has 0 aliphatic carbocycles. The number of anilines is 2. The van der Waals surface area contributed by atoms with Crippen molar-refractivity contribution >= 4 is 17.3 Å². The molecule has 23 heavy (non-hydrogen) atoms. The summed E-state index contributed by atoms with van der Waals surface area (Å²) in [6.07, 6.45) is -3.86. The van der Waals surface area contributed by atoms with E-state index in [-0.39, 0.29) is 24.8 Å². The van der Waals surface area contributed by atoms with Crippen molar-refractivity contribution < 1.29 is 27.1 Å². The Hall–Kier alpha value is -2.71. The third kappa shape index (κ3) is 2.81. The second-order valence-corrected chi connectivity index (χ2v) is 4.87. The Morgan fingerprint density at radius 2 is 2.17 bits per heavy atom. The number of carbonyl (C=O) groups excluding carboxylic acids is 1. The molecule has 9 heteroatoms. The quantitative estimate of drug-likeness (QED) is 0.939. The van der Waals surface area contributed by atoms with Crippen molar-refractivity contribution in [3.63, 3.8) is 0 Å². The molecule has 1 amide bonds. The Morgan fingerprint density at radius 1 is 1.39 bits per heavy atom. The summed E-state index contributed by atoms with van der Waals surface area (Å²) in [5, 5.41) is 2.84. The van der Waals surface area contributed by atoms with E-state index in [1.54, 1.807) is 25.2 Å². The predicted molar refractivity (Wildman–Crippen MR) is 74.2 cm³/mol. The van der Waals surface area contributed by atoms with Crippen molar-refractivity contribution in [3.05, 3.63) is 36.0 Å². The van der Waals surface area contributed by atoms with Gasteiger partial charge in [-0.2, -0.15) is 13.2 Å². The van der Waals surface area contributed by atoms with Crippen LogP contribution in [-0.2, 0) is 17.5 Å². The van der Waals surface area contributed by atoms with Gasteiger partial charge in [0.2, 0.25) is 5.76 Å². The SMILES string of the molecule is CN1C(=O)COc2cccc(NCc3ncoc3C(F)(F)F)c21. The zero-order chi connectivity index (χ0) is 16.6. The first-order valence-electron chi connectivity index (χ1n) is 6.63. The van der Waals surface area contributed by atoms with Crippen molar-refractivity contribution in [2.24, 2.45) is 0 Å². The molecule has 0 radical (unpaired) electrons. The van der Waals surface area contributed by atoms with E-state index >= 15 is 0 Å². The minimum atomic E-state index is -4.61. The summed E-state index contributed by atoms with van der Waals surface area (Å²) in [4.78, 5) is 16.7. The molecule has 0 atom stereocenters. The van der Waals surface area contributed by atoms with Crippen molar-refractivity contribution in [2.75, 3.05) is 23.9 Å². The number of para-hydroxylation sites is 1. The van der Waals surface area contributed by atoms with Crippen LogP contribution in [0.2, 0.25) is 0 Å². The summed E-state index contributed by atoms with van der Waals surface area (Å²) in [6, 6.07) is 5.00. The van der Waals surface area contributed by atoms with Gasteiger partial charge in [-0.1, -0.05) is 6.07 Å². The van der Waals surface area contributed by atoms with E-state index in [2.05, 4.69) is 14.7 Å². The van der Waals surface area contributed by atoms with Crippen molar-refractivity contribution in [3.8, 4) is 5.75 Å². The predicted octanol–water partition coefficient (Wildman–Crippen LogP) is 2.66. The Kier molecular flexibility index (Phi) is 3.63. The van der Waals surface area contributed by atoms with Gasteiger partial charge in [-0.05, 0) is 12.1 Å². The van der Waals surface area contributed by atoms with Crippen LogP contribution in [0.25, 0.3) is 0 Å². The number of nitrogens with one attached hydrogen (secondary N) is 1. The summed E-state index contributed by atoms with van der Waals surface area (Å²) in [5.74, 6) is -0.909. The number of ether oxygens (including phenoxy) is 1. The first-order chi connectivity index (χ1) is 10.9. The minimum Gasteiger partial charge on any atom is -0.481 e. The highest BCUT2D eigenvalue weighted by molar-refractivity contribution is 6.01. The average molecular weight is 327 g/mol. The van der Waals surface area contributed by atoms with Gasteiger partial charge < -0.3 is 19.4 Å². The van der Waals surface area contributed by atoms with Gasteiger partial charge in [-0.3, -0.25) is 4.79 Å². The van der Waals surface area contributed by atoms with Crippen LogP contribution >= 0.6 is 0 Å². The van der Waals surface area contributed by atoms with Crippen LogP contribution in [0, 0.1) is 0 Å². The molecular formula is C14H12F3N3O3. The van der Waals surface area contributed by atoms with Gasteiger partial charge in [0.25, 0.3) is 5.91 Å². The Bertz CT molecular complexity index is 742. The highest BCUT2D eigenvalue weighted by atomic mass is 19.4. The number of rotatable bonds is 3. The molecule has 122 valence electrons. The minimum absolute atomic E-state index is 0.0749. The van der Waals surface area contributed by atoms with Crippen LogP contribution in [0.3, 0.4) is 0 Å². The van der Waals surface area contributed by atoms with E-state index in [0.717, 1.165) is 6.39 Å². The molecule has 1 aliphatic heterocycles. The summed E-state index contributed by atoms with van der Waals surface area (Å²) in [5.41, 5.74) is 0.677. The van der Waals surface area contributed by atoms with Gasteiger partial charge in [0.1, 0.15) is 17.1 Å². The van der Waals surface area contributed by atoms with Crippen LogP contribution in [0.5, 0.6) is 5.75 Å². The smallest absolute Gasteiger partial charge is 0.451 e. The number of halogens is 3. The fourth-order valence-electron chi connectivity index (χ4n) is 2.29. The molecule has 0 saturated heterocycles. The molecule has 1 aliphatic rings. The lowest BCUT2D eigenvalue weighted by molar-refractivity contribution is -0.153. The first-order valence-corrected chi connectivity index (χ1v) is 6.63. The third-order valence-electron chi connectivity index (χ3n) is 3.40. The second kappa shape index (κ2) is 5.49. The van der Waals surface area contributed by atoms with Crippen LogP contribution < -0.4 is 15.0 Å². The van der Waals surface area contributed by atoms with Crippen molar-refractivity contribution in [1.29, 1.82) is 0 Å². The lowest BCUT2D eigenvalue weighted by atomic mass is 10.2. The fraction of sp³-hybridized carbons (Fsp3) is 0.286. The molecule has 2 heterocycles. The van der Waals surface area contributed by atoms with Crippen molar-refractivity contribution in [1.82, 2.24) is 4.98 Å². The molecule has 2 aromatic rings. The van der Waals surface area contributed by atoms with Crippen LogP contribution in [-0.4, -0.2) is 24.5 Å². The summed E-state index contributed by atoms with van der Waals surface area (Å²) < 4.78 is 48.0. The lowest BCUT2D eigenvalue weighted by Gasteiger charge is -2.28. The molecule has 0 fully saturated rings. The maximum absolute atomic E-state index is 12.8. The van der Waals surface area contributed by atoms with Crippen LogP contribution in [0.4, 0.5) is 24.5 Å². The molecule has 1 aromatic heterocycles. The number of aromatic nitrogens is 1. The zero-order valence-corrected chi connectivity index (χ0v) is 12.0. The maximum Gasteiger partial charge on any atom is 0.451 e. The topological polar surface area (TPSA) is 67.6 Å². The normalized spacial score (nSPS) is 14.4. The van der Waals surface area contributed by atoms with Crippen LogP contribution in [0.15, 0.2) is 29.0 Å². The number of hydrogen-bond donors (Lipinski definition) is 1. The van der Waals surface area contributed by atoms with Crippen molar-refractivity contribution in [2.45, 2.75) is 12.7 Å². The molecule has 0 saturated carbocycles. The molecule has 1 aromatic carbocycles. The first kappa shape index (κ1) is 15.2. The number of benzene rings is 1.